The van der Waals surface area contributed by atoms with E-state index in [-0.39, 0.29) is 29.9 Å². The van der Waals surface area contributed by atoms with Gasteiger partial charge in [-0.15, -0.1) is 0 Å². The van der Waals surface area contributed by atoms with Gasteiger partial charge in [-0.25, -0.2) is 19.6 Å². The summed E-state index contributed by atoms with van der Waals surface area (Å²) in [5, 5.41) is 0.523. The molecule has 0 fully saturated rings. The van der Waals surface area contributed by atoms with E-state index in [4.69, 9.17) is 4.74 Å². The molecule has 0 bridgehead atoms. The third kappa shape index (κ3) is 4.50. The first-order valence-electron chi connectivity index (χ1n) is 10.8. The van der Waals surface area contributed by atoms with Gasteiger partial charge >= 0.3 is 11.7 Å². The molecule has 11 heteroatoms. The molecule has 0 aliphatic rings. The van der Waals surface area contributed by atoms with Gasteiger partial charge in [0.25, 0.3) is 11.5 Å². The van der Waals surface area contributed by atoms with Crippen molar-refractivity contribution in [3.63, 3.8) is 0 Å². The Morgan fingerprint density at radius 2 is 1.74 bits per heavy atom. The number of carbonyl (C=O) groups is 2. The number of nitrogens with zero attached hydrogens (tertiary/aromatic N) is 5. The van der Waals surface area contributed by atoms with Gasteiger partial charge < -0.3 is 4.74 Å². The van der Waals surface area contributed by atoms with E-state index < -0.39 is 23.1 Å². The Kier molecular flexibility index (Phi) is 6.61. The van der Waals surface area contributed by atoms with Gasteiger partial charge in [0.1, 0.15) is 16.2 Å². The minimum Gasteiger partial charge on any atom is -0.462 e. The van der Waals surface area contributed by atoms with Crippen molar-refractivity contribution in [1.29, 1.82) is 0 Å². The Morgan fingerprint density at radius 1 is 1.03 bits per heavy atom. The molecule has 0 N–H and O–H groups in total. The Labute approximate surface area is 204 Å². The lowest BCUT2D eigenvalue weighted by Gasteiger charge is -2.20. The molecule has 180 valence electrons. The fourth-order valence-electron chi connectivity index (χ4n) is 3.59. The number of amides is 1. The lowest BCUT2D eigenvalue weighted by atomic mass is 10.2. The van der Waals surface area contributed by atoms with E-state index in [0.717, 1.165) is 21.5 Å². The first-order valence-corrected chi connectivity index (χ1v) is 11.6. The highest BCUT2D eigenvalue weighted by Crippen LogP contribution is 2.29. The zero-order valence-corrected chi connectivity index (χ0v) is 20.5. The minimum atomic E-state index is -0.546. The van der Waals surface area contributed by atoms with Gasteiger partial charge in [-0.05, 0) is 31.5 Å². The monoisotopic (exact) mass is 493 g/mol. The lowest BCUT2D eigenvalue weighted by molar-refractivity contribution is 0.0531. The van der Waals surface area contributed by atoms with Crippen LogP contribution in [0.3, 0.4) is 0 Å². The van der Waals surface area contributed by atoms with Crippen LogP contribution >= 0.6 is 11.3 Å². The third-order valence-electron chi connectivity index (χ3n) is 5.43. The topological polar surface area (TPSA) is 116 Å². The van der Waals surface area contributed by atoms with E-state index in [1.54, 1.807) is 13.8 Å². The molecule has 10 nitrogen and oxygen atoms in total. The number of thiazole rings is 1. The fourth-order valence-corrected chi connectivity index (χ4v) is 4.55. The number of hydrogen-bond acceptors (Lipinski definition) is 8. The molecule has 4 rings (SSSR count). The summed E-state index contributed by atoms with van der Waals surface area (Å²) in [4.78, 5) is 61.5. The van der Waals surface area contributed by atoms with Crippen LogP contribution in [-0.4, -0.2) is 37.6 Å². The van der Waals surface area contributed by atoms with Crippen molar-refractivity contribution in [2.45, 2.75) is 20.4 Å². The van der Waals surface area contributed by atoms with Crippen LogP contribution in [0.2, 0.25) is 0 Å². The van der Waals surface area contributed by atoms with Crippen LogP contribution in [0.25, 0.3) is 11.0 Å². The maximum absolute atomic E-state index is 13.7. The van der Waals surface area contributed by atoms with E-state index >= 15 is 0 Å². The zero-order valence-electron chi connectivity index (χ0n) is 19.6. The number of carbonyl (C=O) groups excluding carboxylic acids is 2. The Bertz CT molecular complexity index is 1550. The van der Waals surface area contributed by atoms with Crippen molar-refractivity contribution >= 4 is 39.4 Å². The van der Waals surface area contributed by atoms with Gasteiger partial charge in [-0.2, -0.15) is 0 Å². The first kappa shape index (κ1) is 24.0. The van der Waals surface area contributed by atoms with E-state index in [9.17, 15) is 19.2 Å². The number of hydrogen-bond donors (Lipinski definition) is 0. The standard InChI is InChI=1S/C24H23N5O5S/c1-5-34-22(32)18-14(2)25-23(35-18)29(13-15-9-7-6-8-10-15)21(31)17-12-11-16-19(26-17)27(3)24(33)28(4)20(16)30/h6-12H,5,13H2,1-4H3. The van der Waals surface area contributed by atoms with E-state index in [1.807, 2.05) is 30.3 Å². The number of anilines is 1. The van der Waals surface area contributed by atoms with Gasteiger partial charge in [-0.1, -0.05) is 41.7 Å². The molecule has 0 unspecified atom stereocenters. The minimum absolute atomic E-state index is 0.0298. The highest BCUT2D eigenvalue weighted by Gasteiger charge is 2.26. The summed E-state index contributed by atoms with van der Waals surface area (Å²) >= 11 is 1.05. The van der Waals surface area contributed by atoms with Crippen LogP contribution in [0, 0.1) is 6.92 Å². The number of rotatable bonds is 6. The molecular formula is C24H23N5O5S. The summed E-state index contributed by atoms with van der Waals surface area (Å²) in [6.45, 7) is 3.78. The van der Waals surface area contributed by atoms with E-state index in [1.165, 1.54) is 35.7 Å². The lowest BCUT2D eigenvalue weighted by Crippen LogP contribution is -2.38. The molecule has 0 spiro atoms. The smallest absolute Gasteiger partial charge is 0.350 e. The van der Waals surface area contributed by atoms with Crippen LogP contribution in [0.4, 0.5) is 5.13 Å². The second-order valence-electron chi connectivity index (χ2n) is 7.78. The maximum Gasteiger partial charge on any atom is 0.350 e. The highest BCUT2D eigenvalue weighted by molar-refractivity contribution is 7.17. The number of fused-ring (bicyclic) bond motifs is 1. The molecule has 0 radical (unpaired) electrons. The van der Waals surface area contributed by atoms with Gasteiger partial charge in [0.2, 0.25) is 0 Å². The summed E-state index contributed by atoms with van der Waals surface area (Å²) in [5.41, 5.74) is 0.384. The van der Waals surface area contributed by atoms with Gasteiger partial charge in [-0.3, -0.25) is 23.6 Å². The number of aromatic nitrogens is 4. The fraction of sp³-hybridized carbons (Fsp3) is 0.250. The summed E-state index contributed by atoms with van der Waals surface area (Å²) in [5.74, 6) is -0.997. The van der Waals surface area contributed by atoms with Crippen molar-refractivity contribution in [1.82, 2.24) is 19.1 Å². The van der Waals surface area contributed by atoms with Crippen molar-refractivity contribution < 1.29 is 14.3 Å². The van der Waals surface area contributed by atoms with Crippen molar-refractivity contribution in [2.24, 2.45) is 14.1 Å². The Morgan fingerprint density at radius 3 is 2.43 bits per heavy atom. The van der Waals surface area contributed by atoms with Gasteiger partial charge in [0.15, 0.2) is 5.13 Å². The van der Waals surface area contributed by atoms with Gasteiger partial charge in [0.05, 0.1) is 24.2 Å². The van der Waals surface area contributed by atoms with Crippen LogP contribution in [-0.2, 0) is 25.4 Å². The molecule has 1 amide bonds. The number of pyridine rings is 1. The number of esters is 1. The zero-order chi connectivity index (χ0) is 25.3. The molecule has 3 aromatic heterocycles. The molecule has 0 aliphatic heterocycles. The maximum atomic E-state index is 13.7. The molecule has 0 atom stereocenters. The van der Waals surface area contributed by atoms with Crippen LogP contribution in [0.15, 0.2) is 52.1 Å². The first-order chi connectivity index (χ1) is 16.7. The van der Waals surface area contributed by atoms with Crippen LogP contribution < -0.4 is 16.1 Å². The second-order valence-corrected chi connectivity index (χ2v) is 8.76. The second kappa shape index (κ2) is 9.63. The highest BCUT2D eigenvalue weighted by atomic mass is 32.1. The molecule has 0 aliphatic carbocycles. The van der Waals surface area contributed by atoms with Crippen molar-refractivity contribution in [2.75, 3.05) is 11.5 Å². The van der Waals surface area contributed by atoms with Crippen LogP contribution in [0.1, 0.15) is 38.3 Å². The summed E-state index contributed by atoms with van der Waals surface area (Å²) in [6.07, 6.45) is 0. The average molecular weight is 494 g/mol. The molecule has 35 heavy (non-hydrogen) atoms. The SMILES string of the molecule is CCOC(=O)c1sc(N(Cc2ccccc2)C(=O)c2ccc3c(=O)n(C)c(=O)n(C)c3n2)nc1C. The molecule has 0 saturated carbocycles. The predicted octanol–water partition coefficient (Wildman–Crippen LogP) is 2.42. The van der Waals surface area contributed by atoms with E-state index in [2.05, 4.69) is 9.97 Å². The van der Waals surface area contributed by atoms with Crippen LogP contribution in [0.5, 0.6) is 0 Å². The molecule has 4 aromatic rings. The summed E-state index contributed by atoms with van der Waals surface area (Å²) in [7, 11) is 2.87. The van der Waals surface area contributed by atoms with Crippen molar-refractivity contribution in [3.8, 4) is 0 Å². The molecule has 0 saturated heterocycles. The largest absolute Gasteiger partial charge is 0.462 e. The molecule has 3 heterocycles. The number of ether oxygens (including phenoxy) is 1. The Hall–Kier alpha value is -4.12. The average Bonchev–Trinajstić information content (AvgIpc) is 3.26. The summed E-state index contributed by atoms with van der Waals surface area (Å²) in [6, 6.07) is 12.2. The molecular weight excluding hydrogens is 470 g/mol. The molecule has 1 aromatic carbocycles. The Balaban J connectivity index is 1.82. The quantitative estimate of drug-likeness (QED) is 0.379. The predicted molar refractivity (Wildman–Crippen MR) is 132 cm³/mol. The normalized spacial score (nSPS) is 11.0. The third-order valence-corrected chi connectivity index (χ3v) is 6.59. The summed E-state index contributed by atoms with van der Waals surface area (Å²) < 4.78 is 7.32. The number of benzene rings is 1. The number of aryl methyl sites for hydroxylation is 2. The van der Waals surface area contributed by atoms with Gasteiger partial charge in [0, 0.05) is 14.1 Å². The van der Waals surface area contributed by atoms with Crippen molar-refractivity contribution in [3.05, 3.63) is 85.1 Å². The van der Waals surface area contributed by atoms with E-state index in [0.29, 0.717) is 15.7 Å².